The minimum absolute atomic E-state index is 0.0907. The molecule has 1 aromatic heterocycles. The van der Waals surface area contributed by atoms with E-state index in [1.165, 1.54) is 4.31 Å². The molecule has 2 heterocycles. The van der Waals surface area contributed by atoms with Gasteiger partial charge >= 0.3 is 0 Å². The lowest BCUT2D eigenvalue weighted by Crippen LogP contribution is -2.50. The summed E-state index contributed by atoms with van der Waals surface area (Å²) in [5.74, 6) is -0.0907. The van der Waals surface area contributed by atoms with Crippen LogP contribution in [-0.2, 0) is 10.0 Å². The highest BCUT2D eigenvalue weighted by Crippen LogP contribution is 2.25. The predicted molar refractivity (Wildman–Crippen MR) is 118 cm³/mol. The average Bonchev–Trinajstić information content (AvgIpc) is 3.13. The van der Waals surface area contributed by atoms with Crippen LogP contribution >= 0.6 is 0 Å². The number of carbonyl (C=O) groups is 1. The van der Waals surface area contributed by atoms with Gasteiger partial charge in [0.05, 0.1) is 4.90 Å². The van der Waals surface area contributed by atoms with Crippen LogP contribution in [0.1, 0.15) is 32.7 Å². The van der Waals surface area contributed by atoms with Gasteiger partial charge in [0.15, 0.2) is 0 Å². The standard InChI is InChI=1S/C23H27N3O3S/c1-15-5-6-17(3)22(13-15)30(28,29)26-9-7-25(8-10-26)23(27)21-14-19-18(4)11-16(2)12-20(19)24-21/h5-6,11-14,24H,7-10H2,1-4H3. The van der Waals surface area contributed by atoms with E-state index in [0.29, 0.717) is 36.8 Å². The van der Waals surface area contributed by atoms with Gasteiger partial charge < -0.3 is 9.88 Å². The number of hydrogen-bond donors (Lipinski definition) is 1. The van der Waals surface area contributed by atoms with Gasteiger partial charge in [0.2, 0.25) is 10.0 Å². The SMILES string of the molecule is Cc1ccc(C)c(S(=O)(=O)N2CCN(C(=O)c3cc4c(C)cc(C)cc4[nH]3)CC2)c1. The van der Waals surface area contributed by atoms with Crippen LogP contribution in [0.5, 0.6) is 0 Å². The molecule has 3 aromatic rings. The summed E-state index contributed by atoms with van der Waals surface area (Å²) in [6.07, 6.45) is 0. The first kappa shape index (κ1) is 20.6. The molecule has 0 saturated carbocycles. The fourth-order valence-corrected chi connectivity index (χ4v) is 5.87. The molecule has 4 rings (SSSR count). The molecule has 0 unspecified atom stereocenters. The van der Waals surface area contributed by atoms with Gasteiger partial charge in [0, 0.05) is 37.1 Å². The van der Waals surface area contributed by atoms with Crippen molar-refractivity contribution in [3.8, 4) is 0 Å². The van der Waals surface area contributed by atoms with E-state index in [1.54, 1.807) is 11.0 Å². The van der Waals surface area contributed by atoms with E-state index >= 15 is 0 Å². The van der Waals surface area contributed by atoms with Crippen LogP contribution in [0.3, 0.4) is 0 Å². The first-order valence-electron chi connectivity index (χ1n) is 10.1. The van der Waals surface area contributed by atoms with Crippen LogP contribution < -0.4 is 0 Å². The number of aromatic nitrogens is 1. The Morgan fingerprint density at radius 2 is 1.57 bits per heavy atom. The Balaban J connectivity index is 1.51. The van der Waals surface area contributed by atoms with E-state index in [-0.39, 0.29) is 5.91 Å². The van der Waals surface area contributed by atoms with Crippen LogP contribution in [-0.4, -0.2) is 54.7 Å². The summed E-state index contributed by atoms with van der Waals surface area (Å²) in [6, 6.07) is 11.5. The molecule has 1 amide bonds. The van der Waals surface area contributed by atoms with Gasteiger partial charge in [-0.15, -0.1) is 0 Å². The number of carbonyl (C=O) groups excluding carboxylic acids is 1. The van der Waals surface area contributed by atoms with Crippen LogP contribution in [0.15, 0.2) is 41.3 Å². The molecule has 0 atom stereocenters. The number of aryl methyl sites for hydroxylation is 4. The van der Waals surface area contributed by atoms with Crippen molar-refractivity contribution in [1.82, 2.24) is 14.2 Å². The Bertz CT molecular complexity index is 1240. The largest absolute Gasteiger partial charge is 0.351 e. The van der Waals surface area contributed by atoms with Gasteiger partial charge in [0.1, 0.15) is 5.69 Å². The molecule has 1 fully saturated rings. The number of hydrogen-bond acceptors (Lipinski definition) is 3. The number of nitrogens with zero attached hydrogens (tertiary/aromatic N) is 2. The molecule has 158 valence electrons. The van der Waals surface area contributed by atoms with Crippen molar-refractivity contribution in [3.63, 3.8) is 0 Å². The number of sulfonamides is 1. The normalized spacial score (nSPS) is 15.7. The summed E-state index contributed by atoms with van der Waals surface area (Å²) < 4.78 is 27.7. The zero-order valence-corrected chi connectivity index (χ0v) is 18.6. The number of H-pyrrole nitrogens is 1. The molecular weight excluding hydrogens is 398 g/mol. The Hall–Kier alpha value is -2.64. The Morgan fingerprint density at radius 1 is 0.867 bits per heavy atom. The van der Waals surface area contributed by atoms with Gasteiger partial charge in [-0.3, -0.25) is 4.79 Å². The van der Waals surface area contributed by atoms with Crippen molar-refractivity contribution >= 4 is 26.8 Å². The zero-order chi connectivity index (χ0) is 21.6. The molecule has 0 radical (unpaired) electrons. The van der Waals surface area contributed by atoms with Crippen molar-refractivity contribution in [1.29, 1.82) is 0 Å². The second kappa shape index (κ2) is 7.56. The summed E-state index contributed by atoms with van der Waals surface area (Å²) in [5, 5.41) is 1.04. The van der Waals surface area contributed by atoms with Crippen molar-refractivity contribution in [3.05, 3.63) is 64.3 Å². The fourth-order valence-electron chi connectivity index (χ4n) is 4.14. The first-order chi connectivity index (χ1) is 14.2. The molecule has 30 heavy (non-hydrogen) atoms. The molecule has 1 aliphatic rings. The lowest BCUT2D eigenvalue weighted by molar-refractivity contribution is 0.0693. The monoisotopic (exact) mass is 425 g/mol. The summed E-state index contributed by atoms with van der Waals surface area (Å²) in [4.78, 5) is 18.3. The predicted octanol–water partition coefficient (Wildman–Crippen LogP) is 3.55. The van der Waals surface area contributed by atoms with E-state index in [1.807, 2.05) is 52.0 Å². The number of nitrogens with one attached hydrogen (secondary N) is 1. The third kappa shape index (κ3) is 3.63. The van der Waals surface area contributed by atoms with Crippen LogP contribution in [0.25, 0.3) is 10.9 Å². The smallest absolute Gasteiger partial charge is 0.270 e. The number of rotatable bonds is 3. The average molecular weight is 426 g/mol. The number of piperazine rings is 1. The van der Waals surface area contributed by atoms with E-state index in [9.17, 15) is 13.2 Å². The summed E-state index contributed by atoms with van der Waals surface area (Å²) in [6.45, 7) is 9.09. The molecular formula is C23H27N3O3S. The molecule has 1 aliphatic heterocycles. The third-order valence-corrected chi connectivity index (χ3v) is 7.85. The highest BCUT2D eigenvalue weighted by Gasteiger charge is 2.31. The van der Waals surface area contributed by atoms with Crippen LogP contribution in [0.4, 0.5) is 0 Å². The van der Waals surface area contributed by atoms with E-state index in [0.717, 1.165) is 33.2 Å². The Labute approximate surface area is 177 Å². The van der Waals surface area contributed by atoms with Crippen LogP contribution in [0, 0.1) is 27.7 Å². The number of benzene rings is 2. The molecule has 0 spiro atoms. The Kier molecular flexibility index (Phi) is 5.20. The lowest BCUT2D eigenvalue weighted by atomic mass is 10.1. The summed E-state index contributed by atoms with van der Waals surface area (Å²) in [7, 11) is -3.57. The molecule has 1 N–H and O–H groups in total. The van der Waals surface area contributed by atoms with Crippen molar-refractivity contribution in [2.75, 3.05) is 26.2 Å². The van der Waals surface area contributed by atoms with Gasteiger partial charge in [-0.05, 0) is 68.1 Å². The van der Waals surface area contributed by atoms with Gasteiger partial charge in [-0.1, -0.05) is 18.2 Å². The number of aromatic amines is 1. The molecule has 0 aliphatic carbocycles. The van der Waals surface area contributed by atoms with Crippen molar-refractivity contribution in [2.45, 2.75) is 32.6 Å². The molecule has 6 nitrogen and oxygen atoms in total. The molecule has 2 aromatic carbocycles. The van der Waals surface area contributed by atoms with Crippen LogP contribution in [0.2, 0.25) is 0 Å². The van der Waals surface area contributed by atoms with E-state index < -0.39 is 10.0 Å². The molecule has 7 heteroatoms. The van der Waals surface area contributed by atoms with Crippen molar-refractivity contribution < 1.29 is 13.2 Å². The van der Waals surface area contributed by atoms with E-state index in [2.05, 4.69) is 11.1 Å². The maximum atomic E-state index is 13.1. The molecule has 1 saturated heterocycles. The molecule has 0 bridgehead atoms. The Morgan fingerprint density at radius 3 is 2.27 bits per heavy atom. The number of amides is 1. The highest BCUT2D eigenvalue weighted by molar-refractivity contribution is 7.89. The second-order valence-corrected chi connectivity index (χ2v) is 10.1. The van der Waals surface area contributed by atoms with Crippen molar-refractivity contribution in [2.24, 2.45) is 0 Å². The fraction of sp³-hybridized carbons (Fsp3) is 0.348. The van der Waals surface area contributed by atoms with Gasteiger partial charge in [0.25, 0.3) is 5.91 Å². The van der Waals surface area contributed by atoms with E-state index in [4.69, 9.17) is 0 Å². The minimum atomic E-state index is -3.57. The topological polar surface area (TPSA) is 73.5 Å². The zero-order valence-electron chi connectivity index (χ0n) is 17.8. The highest BCUT2D eigenvalue weighted by atomic mass is 32.2. The maximum Gasteiger partial charge on any atom is 0.270 e. The summed E-state index contributed by atoms with van der Waals surface area (Å²) in [5.41, 5.74) is 5.42. The number of fused-ring (bicyclic) bond motifs is 1. The maximum absolute atomic E-state index is 13.1. The van der Waals surface area contributed by atoms with Gasteiger partial charge in [-0.25, -0.2) is 8.42 Å². The minimum Gasteiger partial charge on any atom is -0.351 e. The second-order valence-electron chi connectivity index (χ2n) is 8.19. The lowest BCUT2D eigenvalue weighted by Gasteiger charge is -2.34. The van der Waals surface area contributed by atoms with Gasteiger partial charge in [-0.2, -0.15) is 4.31 Å². The quantitative estimate of drug-likeness (QED) is 0.697. The first-order valence-corrected chi connectivity index (χ1v) is 11.6. The third-order valence-electron chi connectivity index (χ3n) is 5.81. The summed E-state index contributed by atoms with van der Waals surface area (Å²) >= 11 is 0.